The summed E-state index contributed by atoms with van der Waals surface area (Å²) in [5.74, 6) is 1.11. The Morgan fingerprint density at radius 3 is 2.41 bits per heavy atom. The van der Waals surface area contributed by atoms with Gasteiger partial charge in [0.05, 0.1) is 0 Å². The smallest absolute Gasteiger partial charge is 0.220 e. The number of rotatable bonds is 6. The molecule has 0 saturated carbocycles. The van der Waals surface area contributed by atoms with Crippen molar-refractivity contribution in [2.75, 3.05) is 19.8 Å². The van der Waals surface area contributed by atoms with Crippen molar-refractivity contribution in [3.05, 3.63) is 53.7 Å². The molecule has 7 heteroatoms. The third-order valence-corrected chi connectivity index (χ3v) is 6.10. The molecular weight excluding hydrogens is 450 g/mol. The highest BCUT2D eigenvalue weighted by atomic mass is 31.0. The number of nitrogens with one attached hydrogen (secondary N) is 2. The van der Waals surface area contributed by atoms with E-state index in [1.54, 1.807) is 19.1 Å². The van der Waals surface area contributed by atoms with Gasteiger partial charge in [0, 0.05) is 31.9 Å². The Kier molecular flexibility index (Phi) is 17.2. The van der Waals surface area contributed by atoms with Gasteiger partial charge in [-0.1, -0.05) is 61.7 Å². The van der Waals surface area contributed by atoms with E-state index >= 15 is 0 Å². The molecule has 0 spiro atoms. The van der Waals surface area contributed by atoms with Gasteiger partial charge >= 0.3 is 0 Å². The number of amides is 2. The van der Waals surface area contributed by atoms with Crippen molar-refractivity contribution in [3.8, 4) is 0 Å². The second kappa shape index (κ2) is 18.3. The molecule has 2 unspecified atom stereocenters. The number of alkyl halides is 1. The second-order valence-corrected chi connectivity index (χ2v) is 9.08. The molecule has 1 aromatic carbocycles. The molecule has 0 aliphatic carbocycles. The molecule has 3 rings (SSSR count). The molecule has 2 amide bonds. The monoisotopic (exact) mass is 494 g/mol. The van der Waals surface area contributed by atoms with Crippen LogP contribution in [0.15, 0.2) is 42.6 Å². The van der Waals surface area contributed by atoms with Crippen molar-refractivity contribution in [2.24, 2.45) is 5.92 Å². The molecule has 2 fully saturated rings. The van der Waals surface area contributed by atoms with Gasteiger partial charge < -0.3 is 15.4 Å². The van der Waals surface area contributed by atoms with Crippen molar-refractivity contribution in [3.63, 3.8) is 0 Å². The van der Waals surface area contributed by atoms with Gasteiger partial charge in [-0.05, 0) is 67.4 Å². The molecule has 2 saturated heterocycles. The molecule has 0 radical (unpaired) electrons. The van der Waals surface area contributed by atoms with Gasteiger partial charge in [-0.2, -0.15) is 0 Å². The minimum absolute atomic E-state index is 0.204. The summed E-state index contributed by atoms with van der Waals surface area (Å²) in [5.41, 5.74) is 2.95. The topological polar surface area (TPSA) is 67.4 Å². The molecule has 0 aromatic heterocycles. The quantitative estimate of drug-likeness (QED) is 0.285. The number of benzene rings is 1. The Morgan fingerprint density at radius 2 is 2.00 bits per heavy atom. The van der Waals surface area contributed by atoms with Crippen LogP contribution in [0.25, 0.3) is 5.57 Å². The molecule has 2 heterocycles. The van der Waals surface area contributed by atoms with Gasteiger partial charge in [-0.15, -0.1) is 0 Å². The van der Waals surface area contributed by atoms with Crippen molar-refractivity contribution in [2.45, 2.75) is 72.1 Å². The first-order chi connectivity index (χ1) is 16.2. The normalized spacial score (nSPS) is 17.3. The van der Waals surface area contributed by atoms with Crippen LogP contribution >= 0.6 is 9.24 Å². The van der Waals surface area contributed by atoms with Gasteiger partial charge in [0.2, 0.25) is 12.3 Å². The Morgan fingerprint density at radius 1 is 1.35 bits per heavy atom. The predicted molar refractivity (Wildman–Crippen MR) is 144 cm³/mol. The average Bonchev–Trinajstić information content (AvgIpc) is 3.33. The van der Waals surface area contributed by atoms with Gasteiger partial charge in [0.25, 0.3) is 0 Å². The number of ether oxygens (including phenoxy) is 1. The third kappa shape index (κ3) is 13.6. The first-order valence-electron chi connectivity index (χ1n) is 12.2. The number of halogens is 1. The highest BCUT2D eigenvalue weighted by molar-refractivity contribution is 7.18. The van der Waals surface area contributed by atoms with Crippen molar-refractivity contribution >= 4 is 27.1 Å². The summed E-state index contributed by atoms with van der Waals surface area (Å²) >= 11 is 0. The van der Waals surface area contributed by atoms with Crippen LogP contribution in [-0.4, -0.2) is 32.1 Å². The Labute approximate surface area is 208 Å². The van der Waals surface area contributed by atoms with Crippen LogP contribution in [-0.2, 0) is 19.7 Å². The lowest BCUT2D eigenvalue weighted by Crippen LogP contribution is -2.12. The molecule has 2 atom stereocenters. The third-order valence-electron chi connectivity index (χ3n) is 5.36. The number of hydrogen-bond donors (Lipinski definition) is 2. The lowest BCUT2D eigenvalue weighted by atomic mass is 10.00. The maximum Gasteiger partial charge on any atom is 0.220 e. The van der Waals surface area contributed by atoms with Crippen molar-refractivity contribution < 1.29 is 18.7 Å². The van der Waals surface area contributed by atoms with Gasteiger partial charge in [-0.3, -0.25) is 9.59 Å². The van der Waals surface area contributed by atoms with Gasteiger partial charge in [0.15, 0.2) is 0 Å². The summed E-state index contributed by atoms with van der Waals surface area (Å²) in [4.78, 5) is 20.4. The zero-order valence-electron chi connectivity index (χ0n) is 21.6. The van der Waals surface area contributed by atoms with E-state index in [1.165, 1.54) is 12.8 Å². The molecule has 192 valence electrons. The Bertz CT molecular complexity index is 767. The SMILES string of the molecule is C=C(/C=C(\C)c1cccc(C(F)(P)CC)c1)NC=O.CC.CC1CCOCC1.O=C1CCCN1. The molecule has 2 aliphatic heterocycles. The summed E-state index contributed by atoms with van der Waals surface area (Å²) < 4.78 is 19.4. The summed E-state index contributed by atoms with van der Waals surface area (Å²) in [6.07, 6.45) is 7.01. The van der Waals surface area contributed by atoms with Crippen LogP contribution in [0.4, 0.5) is 4.39 Å². The van der Waals surface area contributed by atoms with E-state index in [9.17, 15) is 14.0 Å². The number of carbonyl (C=O) groups excluding carboxylic acids is 2. The zero-order chi connectivity index (χ0) is 26.0. The van der Waals surface area contributed by atoms with Crippen molar-refractivity contribution in [1.29, 1.82) is 0 Å². The number of allylic oxidation sites excluding steroid dienone is 2. The maximum absolute atomic E-state index is 14.2. The van der Waals surface area contributed by atoms with E-state index in [-0.39, 0.29) is 5.91 Å². The van der Waals surface area contributed by atoms with Gasteiger partial charge in [0.1, 0.15) is 5.41 Å². The maximum atomic E-state index is 14.2. The van der Waals surface area contributed by atoms with E-state index < -0.39 is 5.41 Å². The van der Waals surface area contributed by atoms with Crippen LogP contribution in [0.2, 0.25) is 0 Å². The van der Waals surface area contributed by atoms with E-state index in [1.807, 2.05) is 39.0 Å². The van der Waals surface area contributed by atoms with E-state index in [2.05, 4.69) is 33.4 Å². The van der Waals surface area contributed by atoms with Crippen LogP contribution < -0.4 is 10.6 Å². The first kappa shape index (κ1) is 32.0. The number of carbonyl (C=O) groups is 2. The van der Waals surface area contributed by atoms with Crippen molar-refractivity contribution in [1.82, 2.24) is 10.6 Å². The van der Waals surface area contributed by atoms with Gasteiger partial charge in [-0.25, -0.2) is 4.39 Å². The minimum Gasteiger partial charge on any atom is -0.381 e. The van der Waals surface area contributed by atoms with E-state index in [0.29, 0.717) is 24.1 Å². The summed E-state index contributed by atoms with van der Waals surface area (Å²) in [7, 11) is 2.25. The zero-order valence-corrected chi connectivity index (χ0v) is 22.7. The average molecular weight is 495 g/mol. The fraction of sp³-hybridized carbons (Fsp3) is 0.556. The molecule has 2 N–H and O–H groups in total. The summed E-state index contributed by atoms with van der Waals surface area (Å²) in [6, 6.07) is 7.31. The predicted octanol–water partition coefficient (Wildman–Crippen LogP) is 6.11. The molecule has 5 nitrogen and oxygen atoms in total. The highest BCUT2D eigenvalue weighted by Crippen LogP contribution is 2.37. The molecule has 34 heavy (non-hydrogen) atoms. The summed E-state index contributed by atoms with van der Waals surface area (Å²) in [6.45, 7) is 16.5. The van der Waals surface area contributed by atoms with E-state index in [0.717, 1.165) is 49.7 Å². The van der Waals surface area contributed by atoms with E-state index in [4.69, 9.17) is 4.74 Å². The standard InChI is InChI=1S/C15H19FNOP.C6H12O.C4H7NO.C2H6/c1-4-15(16,19)14-7-5-6-13(9-14)11(2)8-12(3)17-10-18;1-6-2-4-7-5-3-6;6-4-2-1-3-5-4;1-2/h5-10H,3-4,19H2,1-2H3,(H,17,18);6H,2-5H2,1H3;1-3H2,(H,5,6);1-2H3/b11-8+;;;. The Balaban J connectivity index is 0.000000585. The van der Waals surface area contributed by atoms with Crippen LogP contribution in [0.3, 0.4) is 0 Å². The fourth-order valence-electron chi connectivity index (χ4n) is 3.07. The van der Waals surface area contributed by atoms with Crippen LogP contribution in [0, 0.1) is 5.92 Å². The Hall–Kier alpha value is -2.04. The van der Waals surface area contributed by atoms with Crippen LogP contribution in [0.1, 0.15) is 77.8 Å². The summed E-state index contributed by atoms with van der Waals surface area (Å²) in [5, 5.41) is 3.74. The molecule has 2 aliphatic rings. The second-order valence-electron chi connectivity index (χ2n) is 8.16. The first-order valence-corrected chi connectivity index (χ1v) is 12.8. The lowest BCUT2D eigenvalue weighted by molar-refractivity contribution is -0.119. The largest absolute Gasteiger partial charge is 0.381 e. The number of hydrogen-bond acceptors (Lipinski definition) is 3. The lowest BCUT2D eigenvalue weighted by Gasteiger charge is -2.19. The highest BCUT2D eigenvalue weighted by Gasteiger charge is 2.23. The molecule has 0 bridgehead atoms. The molecular formula is C27H44FN2O3P. The van der Waals surface area contributed by atoms with Crippen LogP contribution in [0.5, 0.6) is 0 Å². The molecule has 1 aromatic rings. The minimum atomic E-state index is -1.41. The fourth-order valence-corrected chi connectivity index (χ4v) is 3.25.